The van der Waals surface area contributed by atoms with Gasteiger partial charge in [0, 0.05) is 23.5 Å². The van der Waals surface area contributed by atoms with Gasteiger partial charge in [-0.1, -0.05) is 19.8 Å². The molecule has 0 amide bonds. The summed E-state index contributed by atoms with van der Waals surface area (Å²) in [6, 6.07) is 5.63. The Kier molecular flexibility index (Phi) is 4.13. The van der Waals surface area contributed by atoms with E-state index in [0.29, 0.717) is 16.7 Å². The number of nitrogens with one attached hydrogen (secondary N) is 1. The van der Waals surface area contributed by atoms with Gasteiger partial charge >= 0.3 is 0 Å². The molecular formula is C16H24N2O. The molecule has 1 fully saturated rings. The SMILES string of the molecule is CCC1(CNc2ccc(C(C)=O)c(N)c2)CCCC1. The second-order valence-electron chi connectivity index (χ2n) is 5.77. The highest BCUT2D eigenvalue weighted by atomic mass is 16.1. The monoisotopic (exact) mass is 260 g/mol. The van der Waals surface area contributed by atoms with Crippen LogP contribution in [-0.2, 0) is 0 Å². The Bertz CT molecular complexity index is 462. The predicted octanol–water partition coefficient (Wildman–Crippen LogP) is 3.85. The Hall–Kier alpha value is -1.51. The number of carbonyl (C=O) groups is 1. The summed E-state index contributed by atoms with van der Waals surface area (Å²) in [5, 5.41) is 3.49. The van der Waals surface area contributed by atoms with Gasteiger partial charge in [-0.3, -0.25) is 4.79 Å². The first-order valence-corrected chi connectivity index (χ1v) is 7.21. The largest absolute Gasteiger partial charge is 0.398 e. The number of ketones is 1. The average Bonchev–Trinajstić information content (AvgIpc) is 2.85. The fraction of sp³-hybridized carbons (Fsp3) is 0.562. The molecule has 3 heteroatoms. The maximum absolute atomic E-state index is 11.3. The van der Waals surface area contributed by atoms with E-state index in [2.05, 4.69) is 12.2 Å². The van der Waals surface area contributed by atoms with Crippen molar-refractivity contribution >= 4 is 17.2 Å². The number of nitrogens with two attached hydrogens (primary N) is 1. The molecule has 1 aliphatic carbocycles. The van der Waals surface area contributed by atoms with Crippen LogP contribution in [0.25, 0.3) is 0 Å². The number of benzene rings is 1. The van der Waals surface area contributed by atoms with E-state index in [1.165, 1.54) is 32.1 Å². The third-order valence-electron chi connectivity index (χ3n) is 4.51. The van der Waals surface area contributed by atoms with Crippen LogP contribution < -0.4 is 11.1 Å². The minimum Gasteiger partial charge on any atom is -0.398 e. The maximum Gasteiger partial charge on any atom is 0.161 e. The molecule has 1 aliphatic rings. The summed E-state index contributed by atoms with van der Waals surface area (Å²) < 4.78 is 0. The number of Topliss-reactive ketones (excluding diaryl/α,β-unsaturated/α-hetero) is 1. The van der Waals surface area contributed by atoms with Gasteiger partial charge in [-0.15, -0.1) is 0 Å². The van der Waals surface area contributed by atoms with Crippen molar-refractivity contribution in [3.63, 3.8) is 0 Å². The number of carbonyl (C=O) groups excluding carboxylic acids is 1. The summed E-state index contributed by atoms with van der Waals surface area (Å²) >= 11 is 0. The number of rotatable bonds is 5. The lowest BCUT2D eigenvalue weighted by Crippen LogP contribution is -2.25. The van der Waals surface area contributed by atoms with Crippen LogP contribution in [0.5, 0.6) is 0 Å². The first-order chi connectivity index (χ1) is 9.06. The lowest BCUT2D eigenvalue weighted by Gasteiger charge is -2.28. The van der Waals surface area contributed by atoms with E-state index in [-0.39, 0.29) is 5.78 Å². The first kappa shape index (κ1) is 13.9. The number of nitrogen functional groups attached to an aromatic ring is 1. The van der Waals surface area contributed by atoms with Crippen molar-refractivity contribution in [2.75, 3.05) is 17.6 Å². The summed E-state index contributed by atoms with van der Waals surface area (Å²) in [7, 11) is 0. The third kappa shape index (κ3) is 3.09. The van der Waals surface area contributed by atoms with E-state index in [1.807, 2.05) is 18.2 Å². The third-order valence-corrected chi connectivity index (χ3v) is 4.51. The number of hydrogen-bond acceptors (Lipinski definition) is 3. The summed E-state index contributed by atoms with van der Waals surface area (Å²) in [6.45, 7) is 4.83. The maximum atomic E-state index is 11.3. The van der Waals surface area contributed by atoms with E-state index < -0.39 is 0 Å². The van der Waals surface area contributed by atoms with Crippen LogP contribution in [0.3, 0.4) is 0 Å². The smallest absolute Gasteiger partial charge is 0.161 e. The second kappa shape index (κ2) is 5.64. The Labute approximate surface area is 115 Å². The average molecular weight is 260 g/mol. The Morgan fingerprint density at radius 1 is 1.37 bits per heavy atom. The van der Waals surface area contributed by atoms with Crippen molar-refractivity contribution in [1.29, 1.82) is 0 Å². The number of hydrogen-bond donors (Lipinski definition) is 2. The van der Waals surface area contributed by atoms with Crippen LogP contribution in [0.4, 0.5) is 11.4 Å². The van der Waals surface area contributed by atoms with Crippen molar-refractivity contribution in [2.45, 2.75) is 46.0 Å². The zero-order chi connectivity index (χ0) is 13.9. The van der Waals surface area contributed by atoms with Gasteiger partial charge in [-0.05, 0) is 49.8 Å². The van der Waals surface area contributed by atoms with Gasteiger partial charge in [0.05, 0.1) is 0 Å². The van der Waals surface area contributed by atoms with E-state index in [9.17, 15) is 4.79 Å². The molecule has 0 spiro atoms. The van der Waals surface area contributed by atoms with Crippen molar-refractivity contribution in [3.05, 3.63) is 23.8 Å². The molecule has 0 unspecified atom stereocenters. The quantitative estimate of drug-likeness (QED) is 0.624. The summed E-state index contributed by atoms with van der Waals surface area (Å²) in [6.07, 6.45) is 6.55. The molecule has 19 heavy (non-hydrogen) atoms. The molecule has 1 aromatic carbocycles. The Balaban J connectivity index is 2.03. The van der Waals surface area contributed by atoms with Crippen molar-refractivity contribution in [1.82, 2.24) is 0 Å². The molecule has 0 bridgehead atoms. The van der Waals surface area contributed by atoms with Crippen molar-refractivity contribution in [3.8, 4) is 0 Å². The first-order valence-electron chi connectivity index (χ1n) is 7.21. The van der Waals surface area contributed by atoms with Gasteiger partial charge in [0.25, 0.3) is 0 Å². The molecule has 0 atom stereocenters. The van der Waals surface area contributed by atoms with E-state index in [0.717, 1.165) is 12.2 Å². The fourth-order valence-corrected chi connectivity index (χ4v) is 3.06. The Morgan fingerprint density at radius 3 is 2.58 bits per heavy atom. The predicted molar refractivity (Wildman–Crippen MR) is 80.5 cm³/mol. The fourth-order valence-electron chi connectivity index (χ4n) is 3.06. The zero-order valence-corrected chi connectivity index (χ0v) is 12.0. The highest BCUT2D eigenvalue weighted by molar-refractivity contribution is 5.99. The minimum absolute atomic E-state index is 0.0184. The van der Waals surface area contributed by atoms with E-state index in [4.69, 9.17) is 5.73 Å². The van der Waals surface area contributed by atoms with Gasteiger partial charge in [-0.2, -0.15) is 0 Å². The molecule has 0 aromatic heterocycles. The van der Waals surface area contributed by atoms with E-state index >= 15 is 0 Å². The summed E-state index contributed by atoms with van der Waals surface area (Å²) in [4.78, 5) is 11.3. The van der Waals surface area contributed by atoms with Crippen LogP contribution in [0.1, 0.15) is 56.3 Å². The van der Waals surface area contributed by atoms with Crippen LogP contribution >= 0.6 is 0 Å². The lowest BCUT2D eigenvalue weighted by molar-refractivity contribution is 0.101. The summed E-state index contributed by atoms with van der Waals surface area (Å²) in [5.74, 6) is 0.0184. The van der Waals surface area contributed by atoms with Gasteiger partial charge in [0.15, 0.2) is 5.78 Å². The van der Waals surface area contributed by atoms with Gasteiger partial charge in [0.2, 0.25) is 0 Å². The van der Waals surface area contributed by atoms with Crippen molar-refractivity contribution in [2.24, 2.45) is 5.41 Å². The Morgan fingerprint density at radius 2 is 2.05 bits per heavy atom. The topological polar surface area (TPSA) is 55.1 Å². The molecule has 1 aromatic rings. The second-order valence-corrected chi connectivity index (χ2v) is 5.77. The minimum atomic E-state index is 0.0184. The molecule has 0 heterocycles. The molecule has 0 radical (unpaired) electrons. The molecule has 1 saturated carbocycles. The standard InChI is InChI=1S/C16H24N2O/c1-3-16(8-4-5-9-16)11-18-13-6-7-14(12(2)19)15(17)10-13/h6-7,10,18H,3-5,8-9,11,17H2,1-2H3. The lowest BCUT2D eigenvalue weighted by atomic mass is 9.83. The molecular weight excluding hydrogens is 236 g/mol. The van der Waals surface area contributed by atoms with Gasteiger partial charge < -0.3 is 11.1 Å². The van der Waals surface area contributed by atoms with Crippen molar-refractivity contribution < 1.29 is 4.79 Å². The molecule has 3 nitrogen and oxygen atoms in total. The zero-order valence-electron chi connectivity index (χ0n) is 12.0. The normalized spacial score (nSPS) is 17.4. The molecule has 0 saturated heterocycles. The van der Waals surface area contributed by atoms with Gasteiger partial charge in [0.1, 0.15) is 0 Å². The molecule has 104 valence electrons. The van der Waals surface area contributed by atoms with Crippen LogP contribution in [0.15, 0.2) is 18.2 Å². The van der Waals surface area contributed by atoms with Crippen LogP contribution in [-0.4, -0.2) is 12.3 Å². The molecule has 3 N–H and O–H groups in total. The van der Waals surface area contributed by atoms with Crippen LogP contribution in [0.2, 0.25) is 0 Å². The highest BCUT2D eigenvalue weighted by Crippen LogP contribution is 2.41. The van der Waals surface area contributed by atoms with E-state index in [1.54, 1.807) is 6.92 Å². The molecule has 2 rings (SSSR count). The highest BCUT2D eigenvalue weighted by Gasteiger charge is 2.31. The molecule has 0 aliphatic heterocycles. The summed E-state index contributed by atoms with van der Waals surface area (Å²) in [5.41, 5.74) is 8.55. The van der Waals surface area contributed by atoms with Gasteiger partial charge in [-0.25, -0.2) is 0 Å². The van der Waals surface area contributed by atoms with Crippen LogP contribution in [0, 0.1) is 5.41 Å². The number of anilines is 2.